The second-order valence-corrected chi connectivity index (χ2v) is 6.90. The van der Waals surface area contributed by atoms with Crippen LogP contribution < -0.4 is 0 Å². The molecule has 0 aromatic heterocycles. The lowest BCUT2D eigenvalue weighted by Gasteiger charge is -2.25. The number of amides is 1. The molecule has 25 heavy (non-hydrogen) atoms. The number of aryl methyl sites for hydroxylation is 1. The molecular formula is C22H27NO2. The Bertz CT molecular complexity index is 719. The summed E-state index contributed by atoms with van der Waals surface area (Å²) in [5.41, 5.74) is 4.23. The van der Waals surface area contributed by atoms with Crippen molar-refractivity contribution in [3.8, 4) is 11.1 Å². The molecule has 2 aromatic rings. The van der Waals surface area contributed by atoms with E-state index in [4.69, 9.17) is 4.74 Å². The third kappa shape index (κ3) is 4.49. The van der Waals surface area contributed by atoms with Gasteiger partial charge in [0.2, 0.25) is 0 Å². The van der Waals surface area contributed by atoms with Gasteiger partial charge in [-0.25, -0.2) is 0 Å². The molecule has 1 atom stereocenters. The molecule has 3 heteroatoms. The zero-order valence-electron chi connectivity index (χ0n) is 15.2. The van der Waals surface area contributed by atoms with Crippen LogP contribution in [0.1, 0.15) is 41.6 Å². The minimum Gasteiger partial charge on any atom is -0.378 e. The van der Waals surface area contributed by atoms with Crippen molar-refractivity contribution in [2.24, 2.45) is 0 Å². The van der Waals surface area contributed by atoms with Gasteiger partial charge < -0.3 is 9.64 Å². The molecule has 0 spiro atoms. The first-order chi connectivity index (χ1) is 12.1. The Kier molecular flexibility index (Phi) is 5.87. The van der Waals surface area contributed by atoms with E-state index in [2.05, 4.69) is 25.1 Å². The molecule has 1 saturated heterocycles. The first kappa shape index (κ1) is 17.7. The van der Waals surface area contributed by atoms with Gasteiger partial charge in [-0.15, -0.1) is 0 Å². The highest BCUT2D eigenvalue weighted by Gasteiger charge is 2.17. The smallest absolute Gasteiger partial charge is 0.253 e. The number of carbonyl (C=O) groups excluding carboxylic acids is 1. The third-order valence-electron chi connectivity index (χ3n) is 4.97. The fraction of sp³-hybridized carbons (Fsp3) is 0.409. The maximum Gasteiger partial charge on any atom is 0.253 e. The van der Waals surface area contributed by atoms with Crippen LogP contribution in [0, 0.1) is 6.92 Å². The zero-order chi connectivity index (χ0) is 17.6. The number of nitrogens with zero attached hydrogens (tertiary/aromatic N) is 1. The highest BCUT2D eigenvalue weighted by Crippen LogP contribution is 2.24. The summed E-state index contributed by atoms with van der Waals surface area (Å²) in [4.78, 5) is 14.6. The summed E-state index contributed by atoms with van der Waals surface area (Å²) in [7, 11) is 1.88. The van der Waals surface area contributed by atoms with Crippen molar-refractivity contribution in [3.63, 3.8) is 0 Å². The average Bonchev–Trinajstić information content (AvgIpc) is 2.67. The molecule has 0 N–H and O–H groups in total. The lowest BCUT2D eigenvalue weighted by molar-refractivity contribution is 0.00709. The van der Waals surface area contributed by atoms with Crippen molar-refractivity contribution in [2.75, 3.05) is 20.2 Å². The van der Waals surface area contributed by atoms with E-state index in [0.717, 1.165) is 43.5 Å². The van der Waals surface area contributed by atoms with Crippen LogP contribution in [0.15, 0.2) is 48.5 Å². The molecule has 0 unspecified atom stereocenters. The first-order valence-corrected chi connectivity index (χ1v) is 9.18. The Morgan fingerprint density at radius 2 is 2.00 bits per heavy atom. The third-order valence-corrected chi connectivity index (χ3v) is 4.97. The molecule has 3 rings (SSSR count). The number of benzene rings is 2. The molecule has 1 heterocycles. The molecule has 0 radical (unpaired) electrons. The Labute approximate surface area is 150 Å². The topological polar surface area (TPSA) is 29.5 Å². The van der Waals surface area contributed by atoms with Gasteiger partial charge in [0.1, 0.15) is 0 Å². The van der Waals surface area contributed by atoms with E-state index in [1.165, 1.54) is 17.5 Å². The van der Waals surface area contributed by atoms with Gasteiger partial charge in [-0.2, -0.15) is 0 Å². The van der Waals surface area contributed by atoms with Gasteiger partial charge in [0, 0.05) is 25.8 Å². The number of ether oxygens (including phenoxy) is 1. The van der Waals surface area contributed by atoms with Crippen molar-refractivity contribution in [3.05, 3.63) is 59.7 Å². The summed E-state index contributed by atoms with van der Waals surface area (Å²) < 4.78 is 5.77. The molecule has 2 aromatic carbocycles. The standard InChI is InChI=1S/C22H27NO2/c1-17-8-3-4-12-21(17)18-9-7-10-19(16-18)22(24)23(2)14-13-20-11-5-6-15-25-20/h3-4,7-10,12,16,20H,5-6,11,13-15H2,1-2H3/t20-/m1/s1. The minimum atomic E-state index is 0.0752. The summed E-state index contributed by atoms with van der Waals surface area (Å²) >= 11 is 0. The van der Waals surface area contributed by atoms with Crippen LogP contribution in [-0.4, -0.2) is 37.1 Å². The molecular weight excluding hydrogens is 310 g/mol. The summed E-state index contributed by atoms with van der Waals surface area (Å²) in [6.45, 7) is 3.69. The SMILES string of the molecule is Cc1ccccc1-c1cccc(C(=O)N(C)CC[C@H]2CCCCO2)c1. The minimum absolute atomic E-state index is 0.0752. The van der Waals surface area contributed by atoms with Crippen LogP contribution in [-0.2, 0) is 4.74 Å². The lowest BCUT2D eigenvalue weighted by atomic mass is 9.98. The van der Waals surface area contributed by atoms with E-state index < -0.39 is 0 Å². The van der Waals surface area contributed by atoms with Crippen molar-refractivity contribution in [1.29, 1.82) is 0 Å². The quantitative estimate of drug-likeness (QED) is 0.792. The van der Waals surface area contributed by atoms with Gasteiger partial charge in [-0.05, 0) is 61.4 Å². The zero-order valence-corrected chi connectivity index (χ0v) is 15.2. The number of rotatable bonds is 5. The van der Waals surface area contributed by atoms with Gasteiger partial charge in [-0.3, -0.25) is 4.79 Å². The largest absolute Gasteiger partial charge is 0.378 e. The molecule has 0 saturated carbocycles. The highest BCUT2D eigenvalue weighted by atomic mass is 16.5. The van der Waals surface area contributed by atoms with Crippen molar-refractivity contribution >= 4 is 5.91 Å². The van der Waals surface area contributed by atoms with E-state index in [9.17, 15) is 4.79 Å². The highest BCUT2D eigenvalue weighted by molar-refractivity contribution is 5.95. The molecule has 1 aliphatic rings. The number of carbonyl (C=O) groups is 1. The van der Waals surface area contributed by atoms with Gasteiger partial charge in [-0.1, -0.05) is 36.4 Å². The predicted molar refractivity (Wildman–Crippen MR) is 102 cm³/mol. The maximum atomic E-state index is 12.8. The van der Waals surface area contributed by atoms with Gasteiger partial charge in [0.05, 0.1) is 6.10 Å². The molecule has 3 nitrogen and oxygen atoms in total. The predicted octanol–water partition coefficient (Wildman–Crippen LogP) is 4.69. The molecule has 132 valence electrons. The molecule has 0 aliphatic carbocycles. The van der Waals surface area contributed by atoms with Gasteiger partial charge in [0.25, 0.3) is 5.91 Å². The number of hydrogen-bond acceptors (Lipinski definition) is 2. The van der Waals surface area contributed by atoms with Crippen LogP contribution >= 0.6 is 0 Å². The molecule has 1 fully saturated rings. The fourth-order valence-corrected chi connectivity index (χ4v) is 3.41. The Morgan fingerprint density at radius 3 is 2.76 bits per heavy atom. The van der Waals surface area contributed by atoms with E-state index in [1.54, 1.807) is 0 Å². The first-order valence-electron chi connectivity index (χ1n) is 9.18. The van der Waals surface area contributed by atoms with E-state index in [-0.39, 0.29) is 5.91 Å². The summed E-state index contributed by atoms with van der Waals surface area (Å²) in [5.74, 6) is 0.0752. The van der Waals surface area contributed by atoms with E-state index >= 15 is 0 Å². The fourth-order valence-electron chi connectivity index (χ4n) is 3.41. The van der Waals surface area contributed by atoms with Crippen molar-refractivity contribution in [1.82, 2.24) is 4.90 Å². The average molecular weight is 337 g/mol. The Balaban J connectivity index is 1.67. The van der Waals surface area contributed by atoms with Gasteiger partial charge in [0.15, 0.2) is 0 Å². The molecule has 1 amide bonds. The summed E-state index contributed by atoms with van der Waals surface area (Å²) in [6.07, 6.45) is 4.74. The van der Waals surface area contributed by atoms with Crippen molar-refractivity contribution in [2.45, 2.75) is 38.7 Å². The monoisotopic (exact) mass is 337 g/mol. The Morgan fingerprint density at radius 1 is 1.16 bits per heavy atom. The van der Waals surface area contributed by atoms with E-state index in [1.807, 2.05) is 42.3 Å². The van der Waals surface area contributed by atoms with Gasteiger partial charge >= 0.3 is 0 Å². The second kappa shape index (κ2) is 8.30. The van der Waals surface area contributed by atoms with Crippen molar-refractivity contribution < 1.29 is 9.53 Å². The maximum absolute atomic E-state index is 12.8. The van der Waals surface area contributed by atoms with Crippen LogP contribution in [0.5, 0.6) is 0 Å². The molecule has 1 aliphatic heterocycles. The number of hydrogen-bond donors (Lipinski definition) is 0. The second-order valence-electron chi connectivity index (χ2n) is 6.90. The lowest BCUT2D eigenvalue weighted by Crippen LogP contribution is -2.31. The van der Waals surface area contributed by atoms with E-state index in [0.29, 0.717) is 6.10 Å². The van der Waals surface area contributed by atoms with Crippen LogP contribution in [0.2, 0.25) is 0 Å². The van der Waals surface area contributed by atoms with Crippen LogP contribution in [0.25, 0.3) is 11.1 Å². The van der Waals surface area contributed by atoms with Crippen LogP contribution in [0.3, 0.4) is 0 Å². The van der Waals surface area contributed by atoms with Crippen LogP contribution in [0.4, 0.5) is 0 Å². The molecule has 0 bridgehead atoms. The summed E-state index contributed by atoms with van der Waals surface area (Å²) in [6, 6.07) is 16.2. The normalized spacial score (nSPS) is 17.3. The summed E-state index contributed by atoms with van der Waals surface area (Å²) in [5, 5.41) is 0. The Hall–Kier alpha value is -2.13.